The molecule has 0 radical (unpaired) electrons. The number of carboxylic acids is 1. The van der Waals surface area contributed by atoms with Crippen LogP contribution in [0.3, 0.4) is 0 Å². The van der Waals surface area contributed by atoms with Crippen LogP contribution in [0.15, 0.2) is 48.0 Å². The molecule has 9 heteroatoms. The van der Waals surface area contributed by atoms with Gasteiger partial charge < -0.3 is 5.11 Å². The second kappa shape index (κ2) is 7.48. The van der Waals surface area contributed by atoms with Crippen LogP contribution in [0.2, 0.25) is 10.0 Å². The van der Waals surface area contributed by atoms with Gasteiger partial charge in [-0.1, -0.05) is 35.3 Å². The van der Waals surface area contributed by atoms with E-state index in [1.807, 2.05) is 0 Å². The molecule has 0 unspecified atom stereocenters. The van der Waals surface area contributed by atoms with Crippen molar-refractivity contribution in [1.29, 1.82) is 0 Å². The van der Waals surface area contributed by atoms with Gasteiger partial charge in [0.1, 0.15) is 5.57 Å². The number of benzene rings is 2. The lowest BCUT2D eigenvalue weighted by Gasteiger charge is -2.29. The average Bonchev–Trinajstić information content (AvgIpc) is 2.60. The van der Waals surface area contributed by atoms with Crippen LogP contribution in [0, 0.1) is 0 Å². The predicted molar refractivity (Wildman–Crippen MR) is 106 cm³/mol. The normalized spacial score (nSPS) is 15.9. The highest BCUT2D eigenvalue weighted by molar-refractivity contribution is 7.80. The summed E-state index contributed by atoms with van der Waals surface area (Å²) in [4.78, 5) is 37.4. The van der Waals surface area contributed by atoms with E-state index in [-0.39, 0.29) is 27.0 Å². The minimum atomic E-state index is -1.15. The Kier molecular flexibility index (Phi) is 5.27. The first-order chi connectivity index (χ1) is 12.8. The van der Waals surface area contributed by atoms with Gasteiger partial charge in [-0.15, -0.1) is 0 Å². The standard InChI is InChI=1S/C18H10Cl2N2O4S/c19-11-5-4-9(14(20)8-11)7-13-15(23)21-18(27)22(16(13)24)12-3-1-2-10(6-12)17(25)26/h1-8H,(H,25,26)(H,21,23,27). The first-order valence-corrected chi connectivity index (χ1v) is 8.64. The molecule has 1 saturated heterocycles. The molecule has 3 rings (SSSR count). The lowest BCUT2D eigenvalue weighted by Crippen LogP contribution is -2.54. The second-order valence-electron chi connectivity index (χ2n) is 5.48. The van der Waals surface area contributed by atoms with Gasteiger partial charge in [-0.25, -0.2) is 4.79 Å². The number of thiocarbonyl (C=S) groups is 1. The number of nitrogens with one attached hydrogen (secondary N) is 1. The Hall–Kier alpha value is -2.74. The smallest absolute Gasteiger partial charge is 0.335 e. The fraction of sp³-hybridized carbons (Fsp3) is 0. The Morgan fingerprint density at radius 3 is 2.56 bits per heavy atom. The zero-order chi connectivity index (χ0) is 19.7. The number of carboxylic acid groups (broad SMARTS) is 1. The van der Waals surface area contributed by atoms with Gasteiger partial charge in [0.2, 0.25) is 0 Å². The number of nitrogens with zero attached hydrogens (tertiary/aromatic N) is 1. The van der Waals surface area contributed by atoms with Crippen molar-refractivity contribution >= 4 is 70.1 Å². The van der Waals surface area contributed by atoms with Gasteiger partial charge in [0.25, 0.3) is 11.8 Å². The summed E-state index contributed by atoms with van der Waals surface area (Å²) in [5, 5.41) is 12.1. The zero-order valence-corrected chi connectivity index (χ0v) is 15.7. The molecule has 0 bridgehead atoms. The molecule has 1 fully saturated rings. The van der Waals surface area contributed by atoms with Crippen molar-refractivity contribution in [1.82, 2.24) is 5.32 Å². The van der Waals surface area contributed by atoms with Gasteiger partial charge in [0.05, 0.1) is 11.3 Å². The van der Waals surface area contributed by atoms with Crippen LogP contribution in [-0.4, -0.2) is 28.0 Å². The Labute approximate surface area is 169 Å². The van der Waals surface area contributed by atoms with Gasteiger partial charge in [0.15, 0.2) is 5.11 Å². The minimum Gasteiger partial charge on any atom is -0.478 e. The summed E-state index contributed by atoms with van der Waals surface area (Å²) in [6.07, 6.45) is 1.33. The molecule has 6 nitrogen and oxygen atoms in total. The first kappa shape index (κ1) is 19.0. The molecular formula is C18H10Cl2N2O4S. The molecule has 0 saturated carbocycles. The topological polar surface area (TPSA) is 86.7 Å². The maximum Gasteiger partial charge on any atom is 0.335 e. The monoisotopic (exact) mass is 420 g/mol. The number of hydrogen-bond acceptors (Lipinski definition) is 4. The number of carbonyl (C=O) groups excluding carboxylic acids is 2. The summed E-state index contributed by atoms with van der Waals surface area (Å²) in [5.41, 5.74) is 0.421. The molecule has 136 valence electrons. The third-order valence-corrected chi connectivity index (χ3v) is 4.56. The number of aromatic carboxylic acids is 1. The summed E-state index contributed by atoms with van der Waals surface area (Å²) in [5.74, 6) is -2.53. The average molecular weight is 421 g/mol. The van der Waals surface area contributed by atoms with E-state index in [9.17, 15) is 14.4 Å². The van der Waals surface area contributed by atoms with Crippen molar-refractivity contribution in [2.45, 2.75) is 0 Å². The second-order valence-corrected chi connectivity index (χ2v) is 6.71. The van der Waals surface area contributed by atoms with Crippen molar-refractivity contribution in [3.05, 3.63) is 69.2 Å². The van der Waals surface area contributed by atoms with E-state index in [4.69, 9.17) is 40.5 Å². The number of halogens is 2. The number of anilines is 1. The summed E-state index contributed by atoms with van der Waals surface area (Å²) in [7, 11) is 0. The number of rotatable bonds is 3. The van der Waals surface area contributed by atoms with E-state index < -0.39 is 17.8 Å². The van der Waals surface area contributed by atoms with Crippen LogP contribution < -0.4 is 10.2 Å². The van der Waals surface area contributed by atoms with Gasteiger partial charge in [-0.05, 0) is 54.2 Å². The van der Waals surface area contributed by atoms with Crippen LogP contribution in [-0.2, 0) is 9.59 Å². The quantitative estimate of drug-likeness (QED) is 0.450. The summed E-state index contributed by atoms with van der Waals surface area (Å²) in [6.45, 7) is 0. The molecule has 2 aromatic rings. The van der Waals surface area contributed by atoms with Crippen molar-refractivity contribution in [3.63, 3.8) is 0 Å². The molecule has 0 spiro atoms. The zero-order valence-electron chi connectivity index (χ0n) is 13.4. The molecule has 0 atom stereocenters. The highest BCUT2D eigenvalue weighted by Gasteiger charge is 2.34. The van der Waals surface area contributed by atoms with Gasteiger partial charge in [0, 0.05) is 10.0 Å². The van der Waals surface area contributed by atoms with Crippen LogP contribution in [0.25, 0.3) is 6.08 Å². The van der Waals surface area contributed by atoms with E-state index in [0.717, 1.165) is 4.90 Å². The molecular weight excluding hydrogens is 411 g/mol. The third-order valence-electron chi connectivity index (χ3n) is 3.72. The third kappa shape index (κ3) is 3.85. The van der Waals surface area contributed by atoms with Crippen LogP contribution >= 0.6 is 35.4 Å². The van der Waals surface area contributed by atoms with E-state index in [2.05, 4.69) is 5.32 Å². The fourth-order valence-electron chi connectivity index (χ4n) is 2.44. The summed E-state index contributed by atoms with van der Waals surface area (Å²) >= 11 is 17.0. The van der Waals surface area contributed by atoms with E-state index in [1.165, 1.54) is 36.4 Å². The van der Waals surface area contributed by atoms with Crippen LogP contribution in [0.1, 0.15) is 15.9 Å². The highest BCUT2D eigenvalue weighted by atomic mass is 35.5. The summed E-state index contributed by atoms with van der Waals surface area (Å²) in [6, 6.07) is 10.3. The Bertz CT molecular complexity index is 1040. The van der Waals surface area contributed by atoms with Gasteiger partial charge in [-0.2, -0.15) is 0 Å². The molecule has 0 aliphatic carbocycles. The lowest BCUT2D eigenvalue weighted by molar-refractivity contribution is -0.122. The molecule has 2 amide bonds. The molecule has 27 heavy (non-hydrogen) atoms. The van der Waals surface area contributed by atoms with Crippen molar-refractivity contribution < 1.29 is 19.5 Å². The lowest BCUT2D eigenvalue weighted by atomic mass is 10.1. The molecule has 2 aromatic carbocycles. The van der Waals surface area contributed by atoms with E-state index in [1.54, 1.807) is 12.1 Å². The van der Waals surface area contributed by atoms with E-state index in [0.29, 0.717) is 10.6 Å². The van der Waals surface area contributed by atoms with Crippen molar-refractivity contribution in [2.75, 3.05) is 4.90 Å². The van der Waals surface area contributed by atoms with Crippen molar-refractivity contribution in [2.24, 2.45) is 0 Å². The largest absolute Gasteiger partial charge is 0.478 e. The maximum absolute atomic E-state index is 12.9. The Balaban J connectivity index is 2.05. The number of amides is 2. The van der Waals surface area contributed by atoms with Gasteiger partial charge in [-0.3, -0.25) is 19.8 Å². The first-order valence-electron chi connectivity index (χ1n) is 7.48. The SMILES string of the molecule is O=C1NC(=S)N(c2cccc(C(=O)O)c2)C(=O)C1=Cc1ccc(Cl)cc1Cl. The molecule has 1 aliphatic heterocycles. The van der Waals surface area contributed by atoms with Gasteiger partial charge >= 0.3 is 5.97 Å². The molecule has 1 aliphatic rings. The van der Waals surface area contributed by atoms with Crippen LogP contribution in [0.4, 0.5) is 5.69 Å². The minimum absolute atomic E-state index is 0.0220. The van der Waals surface area contributed by atoms with Crippen molar-refractivity contribution in [3.8, 4) is 0 Å². The fourth-order valence-corrected chi connectivity index (χ4v) is 3.19. The highest BCUT2D eigenvalue weighted by Crippen LogP contribution is 2.26. The summed E-state index contributed by atoms with van der Waals surface area (Å²) < 4.78 is 0. The number of hydrogen-bond donors (Lipinski definition) is 2. The molecule has 2 N–H and O–H groups in total. The van der Waals surface area contributed by atoms with E-state index >= 15 is 0 Å². The Morgan fingerprint density at radius 2 is 1.89 bits per heavy atom. The molecule has 1 heterocycles. The molecule has 0 aromatic heterocycles. The Morgan fingerprint density at radius 1 is 1.15 bits per heavy atom. The van der Waals surface area contributed by atoms with Crippen LogP contribution in [0.5, 0.6) is 0 Å². The number of carbonyl (C=O) groups is 3. The predicted octanol–water partition coefficient (Wildman–Crippen LogP) is 3.52. The maximum atomic E-state index is 12.9.